The molecule has 4 nitrogen and oxygen atoms in total. The highest BCUT2D eigenvalue weighted by molar-refractivity contribution is 5.78. The van der Waals surface area contributed by atoms with Crippen molar-refractivity contribution in [3.05, 3.63) is 89.0 Å². The van der Waals surface area contributed by atoms with Crippen LogP contribution in [0.15, 0.2) is 66.7 Å². The summed E-state index contributed by atoms with van der Waals surface area (Å²) in [7, 11) is 0. The number of benzene rings is 3. The van der Waals surface area contributed by atoms with Crippen LogP contribution in [-0.2, 0) is 11.4 Å². The molecule has 4 rings (SSSR count). The lowest BCUT2D eigenvalue weighted by molar-refractivity contribution is -0.135. The smallest absolute Gasteiger partial charge is 0.312 e. The first-order valence-corrected chi connectivity index (χ1v) is 8.91. The van der Waals surface area contributed by atoms with Crippen LogP contribution in [0.1, 0.15) is 34.6 Å². The van der Waals surface area contributed by atoms with Gasteiger partial charge in [-0.15, -0.1) is 0 Å². The summed E-state index contributed by atoms with van der Waals surface area (Å²) in [6.07, 6.45) is 0.239. The van der Waals surface area contributed by atoms with Crippen LogP contribution in [0.3, 0.4) is 0 Å². The number of fused-ring (bicyclic) bond motifs is 1. The van der Waals surface area contributed by atoms with E-state index in [1.165, 1.54) is 11.6 Å². The molecule has 0 aromatic heterocycles. The number of carbonyl (C=O) groups is 1. The average molecular weight is 360 g/mol. The Morgan fingerprint density at radius 2 is 1.81 bits per heavy atom. The average Bonchev–Trinajstić information content (AvgIpc) is 2.67. The van der Waals surface area contributed by atoms with Crippen LogP contribution in [0, 0.1) is 6.92 Å². The second-order valence-electron chi connectivity index (χ2n) is 6.77. The number of ether oxygens (including phenoxy) is 2. The van der Waals surface area contributed by atoms with Crippen molar-refractivity contribution in [2.24, 2.45) is 0 Å². The van der Waals surface area contributed by atoms with Crippen LogP contribution in [-0.4, -0.2) is 11.1 Å². The van der Waals surface area contributed by atoms with E-state index in [4.69, 9.17) is 9.47 Å². The van der Waals surface area contributed by atoms with Gasteiger partial charge in [0.1, 0.15) is 23.9 Å². The molecule has 27 heavy (non-hydrogen) atoms. The molecule has 0 bridgehead atoms. The predicted octanol–water partition coefficient (Wildman–Crippen LogP) is 4.72. The molecule has 1 heterocycles. The SMILES string of the molecule is Cc1ccc(COc2ccccc2C2CC(=O)Oc3cc(O)ccc32)cc1. The monoisotopic (exact) mass is 360 g/mol. The fraction of sp³-hybridized carbons (Fsp3) is 0.174. The Labute approximate surface area is 158 Å². The molecule has 0 amide bonds. The van der Waals surface area contributed by atoms with Gasteiger partial charge in [-0.3, -0.25) is 4.79 Å². The van der Waals surface area contributed by atoms with Crippen LogP contribution in [0.2, 0.25) is 0 Å². The lowest BCUT2D eigenvalue weighted by Crippen LogP contribution is -2.21. The van der Waals surface area contributed by atoms with Gasteiger partial charge in [0.15, 0.2) is 0 Å². The molecule has 136 valence electrons. The molecule has 1 aliphatic rings. The lowest BCUT2D eigenvalue weighted by Gasteiger charge is -2.26. The quantitative estimate of drug-likeness (QED) is 0.540. The first-order valence-electron chi connectivity index (χ1n) is 8.91. The van der Waals surface area contributed by atoms with E-state index in [1.807, 2.05) is 36.4 Å². The van der Waals surface area contributed by atoms with E-state index in [0.29, 0.717) is 12.4 Å². The van der Waals surface area contributed by atoms with Crippen molar-refractivity contribution in [1.29, 1.82) is 0 Å². The first kappa shape index (κ1) is 17.2. The first-order chi connectivity index (χ1) is 13.1. The maximum absolute atomic E-state index is 12.1. The highest BCUT2D eigenvalue weighted by Gasteiger charge is 2.30. The zero-order valence-corrected chi connectivity index (χ0v) is 15.0. The molecule has 0 saturated heterocycles. The van der Waals surface area contributed by atoms with E-state index in [2.05, 4.69) is 19.1 Å². The van der Waals surface area contributed by atoms with E-state index in [-0.39, 0.29) is 24.1 Å². The Kier molecular flexibility index (Phi) is 4.55. The van der Waals surface area contributed by atoms with Crippen LogP contribution in [0.5, 0.6) is 17.2 Å². The van der Waals surface area contributed by atoms with Crippen molar-refractivity contribution < 1.29 is 19.4 Å². The van der Waals surface area contributed by atoms with E-state index >= 15 is 0 Å². The van der Waals surface area contributed by atoms with E-state index in [1.54, 1.807) is 12.1 Å². The van der Waals surface area contributed by atoms with Crippen molar-refractivity contribution in [2.75, 3.05) is 0 Å². The number of para-hydroxylation sites is 1. The number of esters is 1. The number of phenols is 1. The van der Waals surface area contributed by atoms with Gasteiger partial charge in [-0.2, -0.15) is 0 Å². The van der Waals surface area contributed by atoms with Gasteiger partial charge in [0.2, 0.25) is 0 Å². The molecule has 0 fully saturated rings. The summed E-state index contributed by atoms with van der Waals surface area (Å²) in [5.41, 5.74) is 4.11. The second-order valence-corrected chi connectivity index (χ2v) is 6.77. The minimum atomic E-state index is -0.313. The summed E-state index contributed by atoms with van der Waals surface area (Å²) in [6.45, 7) is 2.51. The molecule has 1 N–H and O–H groups in total. The molecular weight excluding hydrogens is 340 g/mol. The van der Waals surface area contributed by atoms with E-state index < -0.39 is 0 Å². The number of phenolic OH excluding ortho intramolecular Hbond substituents is 1. The molecule has 1 unspecified atom stereocenters. The predicted molar refractivity (Wildman–Crippen MR) is 102 cm³/mol. The summed E-state index contributed by atoms with van der Waals surface area (Å²) in [6, 6.07) is 20.9. The summed E-state index contributed by atoms with van der Waals surface area (Å²) in [5, 5.41) is 9.70. The van der Waals surface area contributed by atoms with Crippen LogP contribution in [0.4, 0.5) is 0 Å². The number of carbonyl (C=O) groups excluding carboxylic acids is 1. The van der Waals surface area contributed by atoms with E-state index in [0.717, 1.165) is 22.4 Å². The maximum atomic E-state index is 12.1. The van der Waals surface area contributed by atoms with Crippen LogP contribution in [0.25, 0.3) is 0 Å². The van der Waals surface area contributed by atoms with Crippen molar-refractivity contribution in [2.45, 2.75) is 25.9 Å². The number of hydrogen-bond donors (Lipinski definition) is 1. The Bertz CT molecular complexity index is 976. The fourth-order valence-corrected chi connectivity index (χ4v) is 3.36. The summed E-state index contributed by atoms with van der Waals surface area (Å²) < 4.78 is 11.4. The number of hydrogen-bond acceptors (Lipinski definition) is 4. The fourth-order valence-electron chi connectivity index (χ4n) is 3.36. The third kappa shape index (κ3) is 3.65. The second kappa shape index (κ2) is 7.16. The largest absolute Gasteiger partial charge is 0.508 e. The van der Waals surface area contributed by atoms with Crippen molar-refractivity contribution >= 4 is 5.97 Å². The van der Waals surface area contributed by atoms with Crippen LogP contribution >= 0.6 is 0 Å². The standard InChI is InChI=1S/C23H20O4/c1-15-6-8-16(9-7-15)14-26-21-5-3-2-4-18(21)20-13-23(25)27-22-12-17(24)10-11-19(20)22/h2-12,20,24H,13-14H2,1H3. The molecule has 3 aromatic rings. The molecule has 3 aromatic carbocycles. The molecule has 0 radical (unpaired) electrons. The van der Waals surface area contributed by atoms with Gasteiger partial charge < -0.3 is 14.6 Å². The Hall–Kier alpha value is -3.27. The lowest BCUT2D eigenvalue weighted by atomic mass is 9.86. The Balaban J connectivity index is 1.65. The molecule has 4 heteroatoms. The van der Waals surface area contributed by atoms with Gasteiger partial charge in [0.25, 0.3) is 0 Å². The van der Waals surface area contributed by atoms with Crippen molar-refractivity contribution in [3.63, 3.8) is 0 Å². The van der Waals surface area contributed by atoms with Gasteiger partial charge in [-0.05, 0) is 24.6 Å². The highest BCUT2D eigenvalue weighted by Crippen LogP contribution is 2.43. The highest BCUT2D eigenvalue weighted by atomic mass is 16.5. The van der Waals surface area contributed by atoms with Gasteiger partial charge in [-0.25, -0.2) is 0 Å². The molecule has 1 aliphatic heterocycles. The van der Waals surface area contributed by atoms with Crippen molar-refractivity contribution in [3.8, 4) is 17.2 Å². The summed E-state index contributed by atoms with van der Waals surface area (Å²) in [4.78, 5) is 12.1. The van der Waals surface area contributed by atoms with E-state index in [9.17, 15) is 9.90 Å². The topological polar surface area (TPSA) is 55.8 Å². The van der Waals surface area contributed by atoms with Crippen molar-refractivity contribution in [1.82, 2.24) is 0 Å². The minimum Gasteiger partial charge on any atom is -0.508 e. The Morgan fingerprint density at radius 3 is 2.63 bits per heavy atom. The molecule has 0 saturated carbocycles. The summed E-state index contributed by atoms with van der Waals surface area (Å²) >= 11 is 0. The zero-order chi connectivity index (χ0) is 18.8. The van der Waals surface area contributed by atoms with Gasteiger partial charge in [0, 0.05) is 23.1 Å². The van der Waals surface area contributed by atoms with Gasteiger partial charge in [0.05, 0.1) is 6.42 Å². The molecular formula is C23H20O4. The number of aromatic hydroxyl groups is 1. The number of rotatable bonds is 4. The minimum absolute atomic E-state index is 0.0751. The summed E-state index contributed by atoms with van der Waals surface area (Å²) in [5.74, 6) is 0.745. The Morgan fingerprint density at radius 1 is 1.04 bits per heavy atom. The maximum Gasteiger partial charge on any atom is 0.312 e. The third-order valence-corrected chi connectivity index (χ3v) is 4.78. The molecule has 1 atom stereocenters. The molecule has 0 aliphatic carbocycles. The number of aryl methyl sites for hydroxylation is 1. The zero-order valence-electron chi connectivity index (χ0n) is 15.0. The van der Waals surface area contributed by atoms with Gasteiger partial charge >= 0.3 is 5.97 Å². The molecule has 0 spiro atoms. The third-order valence-electron chi connectivity index (χ3n) is 4.78. The van der Waals surface area contributed by atoms with Crippen LogP contribution < -0.4 is 9.47 Å². The normalized spacial score (nSPS) is 15.7. The van der Waals surface area contributed by atoms with Gasteiger partial charge in [-0.1, -0.05) is 54.1 Å².